The standard InChI is InChI=1S/C17H17IN2O2/c1-2-4-16(21)19-14-5-3-6-15(11-14)20-17(22)12-7-9-13(18)10-8-12/h3,5-11H,2,4H2,1H3,(H,19,21)(H,20,22). The molecule has 2 amide bonds. The summed E-state index contributed by atoms with van der Waals surface area (Å²) < 4.78 is 1.08. The summed E-state index contributed by atoms with van der Waals surface area (Å²) in [6, 6.07) is 14.5. The molecule has 0 atom stereocenters. The first-order valence-corrected chi connectivity index (χ1v) is 8.13. The Bertz CT molecular complexity index is 669. The third-order valence-electron chi connectivity index (χ3n) is 2.99. The van der Waals surface area contributed by atoms with Gasteiger partial charge < -0.3 is 10.6 Å². The Labute approximate surface area is 143 Å². The van der Waals surface area contributed by atoms with Crippen molar-refractivity contribution in [3.63, 3.8) is 0 Å². The molecule has 0 heterocycles. The molecule has 22 heavy (non-hydrogen) atoms. The molecule has 2 aromatic rings. The highest BCUT2D eigenvalue weighted by Gasteiger charge is 2.07. The Balaban J connectivity index is 2.05. The molecule has 4 nitrogen and oxygen atoms in total. The molecule has 2 aromatic carbocycles. The lowest BCUT2D eigenvalue weighted by Gasteiger charge is -2.09. The highest BCUT2D eigenvalue weighted by atomic mass is 127. The van der Waals surface area contributed by atoms with Gasteiger partial charge in [0, 0.05) is 26.9 Å². The van der Waals surface area contributed by atoms with E-state index in [4.69, 9.17) is 0 Å². The van der Waals surface area contributed by atoms with Crippen LogP contribution in [0.15, 0.2) is 48.5 Å². The van der Waals surface area contributed by atoms with E-state index in [1.54, 1.807) is 36.4 Å². The van der Waals surface area contributed by atoms with Crippen LogP contribution in [0, 0.1) is 3.57 Å². The second-order valence-corrected chi connectivity index (χ2v) is 6.09. The van der Waals surface area contributed by atoms with Crippen LogP contribution in [0.5, 0.6) is 0 Å². The van der Waals surface area contributed by atoms with Gasteiger partial charge in [-0.1, -0.05) is 13.0 Å². The summed E-state index contributed by atoms with van der Waals surface area (Å²) in [6.45, 7) is 1.96. The average molecular weight is 408 g/mol. The van der Waals surface area contributed by atoms with Gasteiger partial charge in [0.05, 0.1) is 0 Å². The zero-order valence-electron chi connectivity index (χ0n) is 12.2. The number of anilines is 2. The van der Waals surface area contributed by atoms with Gasteiger partial charge >= 0.3 is 0 Å². The first-order valence-electron chi connectivity index (χ1n) is 7.05. The number of hydrogen-bond donors (Lipinski definition) is 2. The molecule has 0 aliphatic carbocycles. The minimum absolute atomic E-state index is 0.0244. The van der Waals surface area contributed by atoms with Crippen LogP contribution in [0.3, 0.4) is 0 Å². The summed E-state index contributed by atoms with van der Waals surface area (Å²) in [6.07, 6.45) is 1.29. The third kappa shape index (κ3) is 4.84. The molecule has 5 heteroatoms. The van der Waals surface area contributed by atoms with Crippen molar-refractivity contribution >= 4 is 45.8 Å². The van der Waals surface area contributed by atoms with Crippen molar-refractivity contribution in [1.29, 1.82) is 0 Å². The van der Waals surface area contributed by atoms with E-state index in [2.05, 4.69) is 33.2 Å². The quantitative estimate of drug-likeness (QED) is 0.726. The van der Waals surface area contributed by atoms with Gasteiger partial charge in [-0.15, -0.1) is 0 Å². The molecular formula is C17H17IN2O2. The van der Waals surface area contributed by atoms with Crippen LogP contribution in [0.1, 0.15) is 30.1 Å². The van der Waals surface area contributed by atoms with Crippen molar-refractivity contribution in [2.45, 2.75) is 19.8 Å². The Morgan fingerprint density at radius 2 is 1.64 bits per heavy atom. The zero-order chi connectivity index (χ0) is 15.9. The maximum Gasteiger partial charge on any atom is 0.255 e. The Kier molecular flexibility index (Phi) is 5.94. The number of hydrogen-bond acceptors (Lipinski definition) is 2. The second-order valence-electron chi connectivity index (χ2n) is 4.84. The minimum atomic E-state index is -0.173. The Morgan fingerprint density at radius 1 is 1.00 bits per heavy atom. The van der Waals surface area contributed by atoms with Crippen LogP contribution in [-0.4, -0.2) is 11.8 Å². The van der Waals surface area contributed by atoms with E-state index in [-0.39, 0.29) is 11.8 Å². The maximum atomic E-state index is 12.2. The van der Waals surface area contributed by atoms with Gasteiger partial charge in [0.2, 0.25) is 5.91 Å². The number of carbonyl (C=O) groups excluding carboxylic acids is 2. The summed E-state index contributed by atoms with van der Waals surface area (Å²) in [4.78, 5) is 23.8. The van der Waals surface area contributed by atoms with Crippen molar-refractivity contribution in [3.05, 3.63) is 57.7 Å². The number of nitrogens with one attached hydrogen (secondary N) is 2. The van der Waals surface area contributed by atoms with E-state index < -0.39 is 0 Å². The maximum absolute atomic E-state index is 12.2. The molecule has 0 unspecified atom stereocenters. The van der Waals surface area contributed by atoms with E-state index in [0.717, 1.165) is 9.99 Å². The van der Waals surface area contributed by atoms with Gasteiger partial charge in [0.25, 0.3) is 5.91 Å². The SMILES string of the molecule is CCCC(=O)Nc1cccc(NC(=O)c2ccc(I)cc2)c1. The lowest BCUT2D eigenvalue weighted by atomic mass is 10.2. The van der Waals surface area contributed by atoms with E-state index >= 15 is 0 Å². The van der Waals surface area contributed by atoms with Gasteiger partial charge in [0.1, 0.15) is 0 Å². The van der Waals surface area contributed by atoms with Crippen LogP contribution >= 0.6 is 22.6 Å². The lowest BCUT2D eigenvalue weighted by Crippen LogP contribution is -2.13. The van der Waals surface area contributed by atoms with Gasteiger partial charge in [-0.25, -0.2) is 0 Å². The minimum Gasteiger partial charge on any atom is -0.326 e. The molecular weight excluding hydrogens is 391 g/mol. The van der Waals surface area contributed by atoms with Crippen molar-refractivity contribution in [1.82, 2.24) is 0 Å². The van der Waals surface area contributed by atoms with Crippen molar-refractivity contribution < 1.29 is 9.59 Å². The monoisotopic (exact) mass is 408 g/mol. The Morgan fingerprint density at radius 3 is 2.27 bits per heavy atom. The molecule has 0 saturated heterocycles. The van der Waals surface area contributed by atoms with Gasteiger partial charge in [-0.2, -0.15) is 0 Å². The number of rotatable bonds is 5. The van der Waals surface area contributed by atoms with Crippen molar-refractivity contribution in [2.75, 3.05) is 10.6 Å². The first kappa shape index (κ1) is 16.5. The lowest BCUT2D eigenvalue weighted by molar-refractivity contribution is -0.116. The van der Waals surface area contributed by atoms with Crippen LogP contribution in [0.25, 0.3) is 0 Å². The fourth-order valence-electron chi connectivity index (χ4n) is 1.93. The molecule has 0 fully saturated rings. The summed E-state index contributed by atoms with van der Waals surface area (Å²) in [5.41, 5.74) is 1.93. The predicted octanol–water partition coefficient (Wildman–Crippen LogP) is 4.28. The number of carbonyl (C=O) groups is 2. The average Bonchev–Trinajstić information content (AvgIpc) is 2.48. The van der Waals surface area contributed by atoms with E-state index in [0.29, 0.717) is 23.4 Å². The normalized spacial score (nSPS) is 10.1. The molecule has 114 valence electrons. The largest absolute Gasteiger partial charge is 0.326 e. The van der Waals surface area contributed by atoms with E-state index in [1.807, 2.05) is 19.1 Å². The number of benzene rings is 2. The molecule has 0 radical (unpaired) electrons. The van der Waals surface area contributed by atoms with Crippen LogP contribution in [0.2, 0.25) is 0 Å². The topological polar surface area (TPSA) is 58.2 Å². The molecule has 0 aromatic heterocycles. The summed E-state index contributed by atoms with van der Waals surface area (Å²) in [5, 5.41) is 5.64. The zero-order valence-corrected chi connectivity index (χ0v) is 14.4. The van der Waals surface area contributed by atoms with E-state index in [1.165, 1.54) is 0 Å². The molecule has 2 N–H and O–H groups in total. The molecule has 0 aliphatic heterocycles. The van der Waals surface area contributed by atoms with Crippen LogP contribution in [-0.2, 0) is 4.79 Å². The summed E-state index contributed by atoms with van der Waals surface area (Å²) >= 11 is 2.19. The fraction of sp³-hybridized carbons (Fsp3) is 0.176. The van der Waals surface area contributed by atoms with Crippen molar-refractivity contribution in [3.8, 4) is 0 Å². The molecule has 0 saturated carbocycles. The fourth-order valence-corrected chi connectivity index (χ4v) is 2.29. The van der Waals surface area contributed by atoms with Gasteiger partial charge in [-0.3, -0.25) is 9.59 Å². The molecule has 0 spiro atoms. The molecule has 0 aliphatic rings. The van der Waals surface area contributed by atoms with Gasteiger partial charge in [0.15, 0.2) is 0 Å². The van der Waals surface area contributed by atoms with E-state index in [9.17, 15) is 9.59 Å². The number of amides is 2. The smallest absolute Gasteiger partial charge is 0.255 e. The molecule has 2 rings (SSSR count). The summed E-state index contributed by atoms with van der Waals surface area (Å²) in [5.74, 6) is -0.197. The summed E-state index contributed by atoms with van der Waals surface area (Å²) in [7, 11) is 0. The van der Waals surface area contributed by atoms with Crippen LogP contribution in [0.4, 0.5) is 11.4 Å². The van der Waals surface area contributed by atoms with Gasteiger partial charge in [-0.05, 0) is 71.5 Å². The molecule has 0 bridgehead atoms. The highest BCUT2D eigenvalue weighted by molar-refractivity contribution is 14.1. The second kappa shape index (κ2) is 7.93. The number of halogens is 1. The Hall–Kier alpha value is -1.89. The van der Waals surface area contributed by atoms with Crippen LogP contribution < -0.4 is 10.6 Å². The highest BCUT2D eigenvalue weighted by Crippen LogP contribution is 2.17. The van der Waals surface area contributed by atoms with Crippen molar-refractivity contribution in [2.24, 2.45) is 0 Å². The predicted molar refractivity (Wildman–Crippen MR) is 97.1 cm³/mol. The third-order valence-corrected chi connectivity index (χ3v) is 3.71. The first-order chi connectivity index (χ1) is 10.6.